The lowest BCUT2D eigenvalue weighted by atomic mass is 10.1. The maximum Gasteiger partial charge on any atom is 0.191 e. The van der Waals surface area contributed by atoms with Gasteiger partial charge in [0.15, 0.2) is 5.96 Å². The lowest BCUT2D eigenvalue weighted by molar-refractivity contribution is 0.280. The molecule has 0 amide bonds. The number of ether oxygens (including phenoxy) is 1. The zero-order valence-corrected chi connectivity index (χ0v) is 18.7. The minimum absolute atomic E-state index is 0. The van der Waals surface area contributed by atoms with Gasteiger partial charge in [0.05, 0.1) is 19.8 Å². The fourth-order valence-electron chi connectivity index (χ4n) is 2.84. The first-order chi connectivity index (χ1) is 13.3. The molecule has 1 saturated carbocycles. The smallest absolute Gasteiger partial charge is 0.191 e. The number of aliphatic hydroxyl groups is 1. The number of nitrogens with one attached hydrogen (secondary N) is 2. The molecule has 28 heavy (non-hydrogen) atoms. The van der Waals surface area contributed by atoms with E-state index in [0.29, 0.717) is 13.1 Å². The van der Waals surface area contributed by atoms with Crippen molar-refractivity contribution in [3.8, 4) is 5.75 Å². The third kappa shape index (κ3) is 6.98. The summed E-state index contributed by atoms with van der Waals surface area (Å²) in [5.74, 6) is 2.41. The highest BCUT2D eigenvalue weighted by atomic mass is 127. The van der Waals surface area contributed by atoms with Crippen molar-refractivity contribution in [2.75, 3.05) is 13.2 Å². The first-order valence-electron chi connectivity index (χ1n) is 9.70. The summed E-state index contributed by atoms with van der Waals surface area (Å²) in [5.41, 5.74) is 3.09. The van der Waals surface area contributed by atoms with E-state index in [1.807, 2.05) is 49.4 Å². The van der Waals surface area contributed by atoms with Crippen LogP contribution in [0.2, 0.25) is 0 Å². The van der Waals surface area contributed by atoms with Crippen molar-refractivity contribution in [1.82, 2.24) is 10.6 Å². The minimum atomic E-state index is 0. The van der Waals surface area contributed by atoms with E-state index in [0.717, 1.165) is 47.5 Å². The van der Waals surface area contributed by atoms with Crippen molar-refractivity contribution in [2.45, 2.75) is 39.5 Å². The zero-order valence-electron chi connectivity index (χ0n) is 16.4. The predicted molar refractivity (Wildman–Crippen MR) is 124 cm³/mol. The van der Waals surface area contributed by atoms with Gasteiger partial charge in [-0.15, -0.1) is 24.0 Å². The number of hydrogen-bond donors (Lipinski definition) is 3. The van der Waals surface area contributed by atoms with E-state index in [-0.39, 0.29) is 30.6 Å². The van der Waals surface area contributed by atoms with Gasteiger partial charge in [0.2, 0.25) is 0 Å². The Morgan fingerprint density at radius 1 is 1.04 bits per heavy atom. The van der Waals surface area contributed by atoms with Gasteiger partial charge < -0.3 is 20.5 Å². The zero-order chi connectivity index (χ0) is 18.9. The van der Waals surface area contributed by atoms with Crippen LogP contribution < -0.4 is 15.4 Å². The average Bonchev–Trinajstić information content (AvgIpc) is 3.54. The van der Waals surface area contributed by atoms with Crippen molar-refractivity contribution in [2.24, 2.45) is 10.9 Å². The van der Waals surface area contributed by atoms with E-state index in [9.17, 15) is 5.11 Å². The second-order valence-electron chi connectivity index (χ2n) is 6.84. The molecule has 6 heteroatoms. The molecule has 0 spiro atoms. The number of guanidine groups is 1. The lowest BCUT2D eigenvalue weighted by Gasteiger charge is -2.14. The highest BCUT2D eigenvalue weighted by molar-refractivity contribution is 14.0. The molecule has 0 bridgehead atoms. The molecule has 0 saturated heterocycles. The van der Waals surface area contributed by atoms with Crippen LogP contribution in [0.5, 0.6) is 5.75 Å². The molecule has 3 rings (SSSR count). The fourth-order valence-corrected chi connectivity index (χ4v) is 2.84. The minimum Gasteiger partial charge on any atom is -0.493 e. The summed E-state index contributed by atoms with van der Waals surface area (Å²) in [7, 11) is 0. The standard InChI is InChI=1S/C22H29N3O2.HI/c1-2-23-22(24-13-18-7-3-4-9-20(18)15-26)25-14-19-8-5-6-10-21(19)27-16-17-11-12-17;/h3-10,17,26H,2,11-16H2,1H3,(H2,23,24,25);1H. The van der Waals surface area contributed by atoms with Crippen LogP contribution in [0.3, 0.4) is 0 Å². The van der Waals surface area contributed by atoms with E-state index >= 15 is 0 Å². The maximum absolute atomic E-state index is 9.48. The number of halogens is 1. The molecule has 0 radical (unpaired) electrons. The summed E-state index contributed by atoms with van der Waals surface area (Å²) >= 11 is 0. The molecule has 1 aliphatic rings. The van der Waals surface area contributed by atoms with Crippen LogP contribution in [0.1, 0.15) is 36.5 Å². The number of rotatable bonds is 9. The monoisotopic (exact) mass is 495 g/mol. The van der Waals surface area contributed by atoms with E-state index < -0.39 is 0 Å². The third-order valence-electron chi connectivity index (χ3n) is 4.63. The topological polar surface area (TPSA) is 65.9 Å². The van der Waals surface area contributed by atoms with Crippen LogP contribution in [-0.2, 0) is 19.7 Å². The van der Waals surface area contributed by atoms with Crippen LogP contribution in [-0.4, -0.2) is 24.2 Å². The van der Waals surface area contributed by atoms with Gasteiger partial charge in [0.1, 0.15) is 5.75 Å². The molecule has 0 heterocycles. The van der Waals surface area contributed by atoms with E-state index in [1.165, 1.54) is 12.8 Å². The lowest BCUT2D eigenvalue weighted by Crippen LogP contribution is -2.37. The number of benzene rings is 2. The van der Waals surface area contributed by atoms with Gasteiger partial charge in [-0.3, -0.25) is 0 Å². The Kier molecular flexibility index (Phi) is 9.57. The first kappa shape index (κ1) is 22.5. The number of aliphatic imine (C=N–C) groups is 1. The molecule has 5 nitrogen and oxygen atoms in total. The van der Waals surface area contributed by atoms with Gasteiger partial charge in [-0.1, -0.05) is 42.5 Å². The van der Waals surface area contributed by atoms with Crippen molar-refractivity contribution in [3.63, 3.8) is 0 Å². The van der Waals surface area contributed by atoms with Crippen LogP contribution in [0.15, 0.2) is 53.5 Å². The van der Waals surface area contributed by atoms with Crippen molar-refractivity contribution < 1.29 is 9.84 Å². The molecule has 152 valence electrons. The molecule has 0 aliphatic heterocycles. The molecule has 0 aromatic heterocycles. The van der Waals surface area contributed by atoms with Crippen LogP contribution in [0, 0.1) is 5.92 Å². The normalized spacial score (nSPS) is 13.6. The Labute approximate surface area is 184 Å². The van der Waals surface area contributed by atoms with E-state index in [1.54, 1.807) is 0 Å². The molecule has 1 aliphatic carbocycles. The number of para-hydroxylation sites is 1. The van der Waals surface area contributed by atoms with Gasteiger partial charge in [-0.05, 0) is 42.9 Å². The van der Waals surface area contributed by atoms with E-state index in [2.05, 4.69) is 16.7 Å². The summed E-state index contributed by atoms with van der Waals surface area (Å²) in [6, 6.07) is 16.0. The third-order valence-corrected chi connectivity index (χ3v) is 4.63. The van der Waals surface area contributed by atoms with Crippen LogP contribution >= 0.6 is 24.0 Å². The predicted octanol–water partition coefficient (Wildman–Crippen LogP) is 3.84. The molecular weight excluding hydrogens is 465 g/mol. The number of hydrogen-bond acceptors (Lipinski definition) is 3. The number of nitrogens with zero attached hydrogens (tertiary/aromatic N) is 1. The Morgan fingerprint density at radius 2 is 1.71 bits per heavy atom. The van der Waals surface area contributed by atoms with Crippen molar-refractivity contribution >= 4 is 29.9 Å². The summed E-state index contributed by atoms with van der Waals surface area (Å²) in [6.45, 7) is 4.84. The van der Waals surface area contributed by atoms with Gasteiger partial charge in [0, 0.05) is 18.7 Å². The molecule has 2 aromatic carbocycles. The summed E-state index contributed by atoms with van der Waals surface area (Å²) in [4.78, 5) is 4.71. The SMILES string of the molecule is CCNC(=NCc1ccccc1OCC1CC1)NCc1ccccc1CO.I. The second kappa shape index (κ2) is 11.9. The maximum atomic E-state index is 9.48. The summed E-state index contributed by atoms with van der Waals surface area (Å²) in [6.07, 6.45) is 2.56. The highest BCUT2D eigenvalue weighted by Gasteiger charge is 2.22. The molecule has 3 N–H and O–H groups in total. The molecule has 2 aromatic rings. The Balaban J connectivity index is 0.00000280. The largest absolute Gasteiger partial charge is 0.493 e. The van der Waals surface area contributed by atoms with Crippen molar-refractivity contribution in [1.29, 1.82) is 0 Å². The molecule has 0 atom stereocenters. The molecule has 1 fully saturated rings. The van der Waals surface area contributed by atoms with Gasteiger partial charge in [0.25, 0.3) is 0 Å². The van der Waals surface area contributed by atoms with Crippen LogP contribution in [0.25, 0.3) is 0 Å². The quantitative estimate of drug-likeness (QED) is 0.281. The second-order valence-corrected chi connectivity index (χ2v) is 6.84. The van der Waals surface area contributed by atoms with Gasteiger partial charge >= 0.3 is 0 Å². The Bertz CT molecular complexity index is 763. The Morgan fingerprint density at radius 3 is 2.39 bits per heavy atom. The average molecular weight is 495 g/mol. The summed E-state index contributed by atoms with van der Waals surface area (Å²) < 4.78 is 5.98. The molecule has 0 unspecified atom stereocenters. The van der Waals surface area contributed by atoms with Crippen LogP contribution in [0.4, 0.5) is 0 Å². The Hall–Kier alpha value is -1.80. The first-order valence-corrected chi connectivity index (χ1v) is 9.70. The highest BCUT2D eigenvalue weighted by Crippen LogP contribution is 2.30. The van der Waals surface area contributed by atoms with Gasteiger partial charge in [-0.25, -0.2) is 4.99 Å². The fraction of sp³-hybridized carbons (Fsp3) is 0.409. The summed E-state index contributed by atoms with van der Waals surface area (Å²) in [5, 5.41) is 16.1. The molecular formula is C22H30IN3O2. The van der Waals surface area contributed by atoms with Crippen molar-refractivity contribution in [3.05, 3.63) is 65.2 Å². The van der Waals surface area contributed by atoms with E-state index in [4.69, 9.17) is 9.73 Å². The number of aliphatic hydroxyl groups excluding tert-OH is 1. The van der Waals surface area contributed by atoms with Gasteiger partial charge in [-0.2, -0.15) is 0 Å².